The SMILES string of the molecule is CC(NS(=O)(=O)c1ccc2c(c1)CNC2)C1CCCCC1. The number of fused-ring (bicyclic) bond motifs is 1. The van der Waals surface area contributed by atoms with Crippen LogP contribution in [0.3, 0.4) is 0 Å². The average Bonchev–Trinajstić information content (AvgIpc) is 2.95. The van der Waals surface area contributed by atoms with Gasteiger partial charge in [-0.1, -0.05) is 25.3 Å². The van der Waals surface area contributed by atoms with Crippen molar-refractivity contribution >= 4 is 10.0 Å². The van der Waals surface area contributed by atoms with Gasteiger partial charge in [0.25, 0.3) is 0 Å². The molecule has 0 saturated heterocycles. The second-order valence-corrected chi connectivity index (χ2v) is 8.06. The lowest BCUT2D eigenvalue weighted by Gasteiger charge is -2.28. The fourth-order valence-corrected chi connectivity index (χ4v) is 4.84. The molecule has 2 N–H and O–H groups in total. The zero-order chi connectivity index (χ0) is 14.9. The van der Waals surface area contributed by atoms with Crippen LogP contribution in [-0.4, -0.2) is 14.5 Å². The van der Waals surface area contributed by atoms with Crippen LogP contribution in [0, 0.1) is 5.92 Å². The van der Waals surface area contributed by atoms with Crippen molar-refractivity contribution in [2.75, 3.05) is 0 Å². The van der Waals surface area contributed by atoms with Crippen LogP contribution in [0.4, 0.5) is 0 Å². The van der Waals surface area contributed by atoms with Gasteiger partial charge in [0.1, 0.15) is 0 Å². The van der Waals surface area contributed by atoms with Gasteiger partial charge in [-0.2, -0.15) is 0 Å². The quantitative estimate of drug-likeness (QED) is 0.898. The third-order valence-corrected chi connectivity index (χ3v) is 6.37. The van der Waals surface area contributed by atoms with Gasteiger partial charge in [0.05, 0.1) is 4.90 Å². The number of sulfonamides is 1. The number of nitrogens with one attached hydrogen (secondary N) is 2. The summed E-state index contributed by atoms with van der Waals surface area (Å²) in [6, 6.07) is 5.48. The Morgan fingerprint density at radius 3 is 2.62 bits per heavy atom. The lowest BCUT2D eigenvalue weighted by molar-refractivity contribution is 0.303. The van der Waals surface area contributed by atoms with E-state index < -0.39 is 10.0 Å². The van der Waals surface area contributed by atoms with Gasteiger partial charge in [0.15, 0.2) is 0 Å². The fraction of sp³-hybridized carbons (Fsp3) is 0.625. The lowest BCUT2D eigenvalue weighted by Crippen LogP contribution is -2.38. The van der Waals surface area contributed by atoms with Gasteiger partial charge in [-0.05, 0) is 48.9 Å². The topological polar surface area (TPSA) is 58.2 Å². The largest absolute Gasteiger partial charge is 0.309 e. The summed E-state index contributed by atoms with van der Waals surface area (Å²) in [7, 11) is -3.41. The molecule has 0 amide bonds. The maximum absolute atomic E-state index is 12.6. The minimum Gasteiger partial charge on any atom is -0.309 e. The molecule has 1 fully saturated rings. The summed E-state index contributed by atoms with van der Waals surface area (Å²) in [6.07, 6.45) is 6.01. The smallest absolute Gasteiger partial charge is 0.240 e. The highest BCUT2D eigenvalue weighted by Gasteiger charge is 2.25. The van der Waals surface area contributed by atoms with Crippen LogP contribution in [-0.2, 0) is 23.1 Å². The van der Waals surface area contributed by atoms with Gasteiger partial charge in [-0.25, -0.2) is 13.1 Å². The van der Waals surface area contributed by atoms with Crippen LogP contribution < -0.4 is 10.0 Å². The summed E-state index contributed by atoms with van der Waals surface area (Å²) in [5.41, 5.74) is 2.30. The van der Waals surface area contributed by atoms with Crippen molar-refractivity contribution in [2.24, 2.45) is 5.92 Å². The molecule has 1 saturated carbocycles. The Balaban J connectivity index is 1.74. The number of rotatable bonds is 4. The summed E-state index contributed by atoms with van der Waals surface area (Å²) >= 11 is 0. The van der Waals surface area contributed by atoms with Crippen molar-refractivity contribution in [3.63, 3.8) is 0 Å². The molecule has 1 aromatic rings. The fourth-order valence-electron chi connectivity index (χ4n) is 3.48. The first-order valence-electron chi connectivity index (χ1n) is 7.91. The van der Waals surface area contributed by atoms with Gasteiger partial charge < -0.3 is 5.32 Å². The highest BCUT2D eigenvalue weighted by Crippen LogP contribution is 2.27. The molecule has 116 valence electrons. The Hall–Kier alpha value is -0.910. The Labute approximate surface area is 127 Å². The van der Waals surface area contributed by atoms with E-state index in [1.165, 1.54) is 24.8 Å². The second kappa shape index (κ2) is 6.07. The molecule has 0 radical (unpaired) electrons. The first-order valence-corrected chi connectivity index (χ1v) is 9.39. The molecule has 0 spiro atoms. The summed E-state index contributed by atoms with van der Waals surface area (Å²) in [4.78, 5) is 0.396. The second-order valence-electron chi connectivity index (χ2n) is 6.34. The van der Waals surface area contributed by atoms with Gasteiger partial charge in [-0.15, -0.1) is 0 Å². The average molecular weight is 308 g/mol. The molecule has 0 bridgehead atoms. The number of hydrogen-bond acceptors (Lipinski definition) is 3. The van der Waals surface area contributed by atoms with Crippen molar-refractivity contribution in [2.45, 2.75) is 63.1 Å². The van der Waals surface area contributed by atoms with Gasteiger partial charge >= 0.3 is 0 Å². The Morgan fingerprint density at radius 2 is 1.86 bits per heavy atom. The summed E-state index contributed by atoms with van der Waals surface area (Å²) in [5, 5.41) is 3.24. The van der Waals surface area contributed by atoms with Crippen molar-refractivity contribution in [1.82, 2.24) is 10.0 Å². The van der Waals surface area contributed by atoms with Crippen LogP contribution >= 0.6 is 0 Å². The maximum atomic E-state index is 12.6. The Morgan fingerprint density at radius 1 is 1.14 bits per heavy atom. The van der Waals surface area contributed by atoms with Crippen LogP contribution in [0.1, 0.15) is 50.2 Å². The first-order chi connectivity index (χ1) is 10.1. The molecule has 1 aliphatic carbocycles. The molecule has 5 heteroatoms. The van der Waals surface area contributed by atoms with Gasteiger partial charge in [0, 0.05) is 19.1 Å². The molecule has 4 nitrogen and oxygen atoms in total. The molecule has 21 heavy (non-hydrogen) atoms. The van der Waals surface area contributed by atoms with Crippen molar-refractivity contribution < 1.29 is 8.42 Å². The molecular weight excluding hydrogens is 284 g/mol. The first kappa shape index (κ1) is 15.0. The van der Waals surface area contributed by atoms with Crippen LogP contribution in [0.25, 0.3) is 0 Å². The molecular formula is C16H24N2O2S. The van der Waals surface area contributed by atoms with E-state index in [0.29, 0.717) is 10.8 Å². The molecule has 1 unspecified atom stereocenters. The third kappa shape index (κ3) is 3.30. The predicted molar refractivity (Wildman–Crippen MR) is 83.3 cm³/mol. The summed E-state index contributed by atoms with van der Waals surface area (Å²) < 4.78 is 28.0. The van der Waals surface area contributed by atoms with E-state index in [0.717, 1.165) is 31.5 Å². The van der Waals surface area contributed by atoms with E-state index in [4.69, 9.17) is 0 Å². The van der Waals surface area contributed by atoms with E-state index in [9.17, 15) is 8.42 Å². The van der Waals surface area contributed by atoms with Gasteiger partial charge in [-0.3, -0.25) is 0 Å². The van der Waals surface area contributed by atoms with Crippen LogP contribution in [0.15, 0.2) is 23.1 Å². The highest BCUT2D eigenvalue weighted by atomic mass is 32.2. The molecule has 1 atom stereocenters. The van der Waals surface area contributed by atoms with Crippen LogP contribution in [0.2, 0.25) is 0 Å². The predicted octanol–water partition coefficient (Wildman–Crippen LogP) is 2.54. The summed E-state index contributed by atoms with van der Waals surface area (Å²) in [5.74, 6) is 0.476. The summed E-state index contributed by atoms with van der Waals surface area (Å²) in [6.45, 7) is 3.60. The number of hydrogen-bond donors (Lipinski definition) is 2. The van der Waals surface area contributed by atoms with E-state index in [2.05, 4.69) is 10.0 Å². The van der Waals surface area contributed by atoms with Crippen molar-refractivity contribution in [3.8, 4) is 0 Å². The number of benzene rings is 1. The molecule has 2 aliphatic rings. The van der Waals surface area contributed by atoms with E-state index in [-0.39, 0.29) is 6.04 Å². The van der Waals surface area contributed by atoms with E-state index >= 15 is 0 Å². The highest BCUT2D eigenvalue weighted by molar-refractivity contribution is 7.89. The zero-order valence-corrected chi connectivity index (χ0v) is 13.4. The van der Waals surface area contributed by atoms with Crippen molar-refractivity contribution in [3.05, 3.63) is 29.3 Å². The monoisotopic (exact) mass is 308 g/mol. The van der Waals surface area contributed by atoms with Gasteiger partial charge in [0.2, 0.25) is 10.0 Å². The zero-order valence-electron chi connectivity index (χ0n) is 12.6. The normalized spacial score (nSPS) is 21.2. The molecule has 0 aromatic heterocycles. The van der Waals surface area contributed by atoms with Crippen molar-refractivity contribution in [1.29, 1.82) is 0 Å². The Bertz CT molecular complexity index is 607. The standard InChI is InChI=1S/C16H24N2O2S/c1-12(13-5-3-2-4-6-13)18-21(19,20)16-8-7-14-10-17-11-15(14)9-16/h7-9,12-13,17-18H,2-6,10-11H2,1H3. The molecule has 1 aliphatic heterocycles. The third-order valence-electron chi connectivity index (χ3n) is 4.82. The Kier molecular flexibility index (Phi) is 4.33. The van der Waals surface area contributed by atoms with E-state index in [1.54, 1.807) is 6.07 Å². The minimum atomic E-state index is -3.41. The molecule has 1 heterocycles. The van der Waals surface area contributed by atoms with Crippen LogP contribution in [0.5, 0.6) is 0 Å². The minimum absolute atomic E-state index is 0.0154. The lowest BCUT2D eigenvalue weighted by atomic mass is 9.85. The molecule has 3 rings (SSSR count). The van der Waals surface area contributed by atoms with E-state index in [1.807, 2.05) is 19.1 Å². The maximum Gasteiger partial charge on any atom is 0.240 e. The molecule has 1 aromatic carbocycles.